The van der Waals surface area contributed by atoms with E-state index in [9.17, 15) is 20.4 Å². The largest absolute Gasteiger partial charge is 0.395 e. The van der Waals surface area contributed by atoms with E-state index in [1.165, 1.54) is 0 Å². The van der Waals surface area contributed by atoms with Crippen molar-refractivity contribution in [3.05, 3.63) is 59.7 Å². The van der Waals surface area contributed by atoms with Crippen LogP contribution in [0.25, 0.3) is 0 Å². The summed E-state index contributed by atoms with van der Waals surface area (Å²) in [5, 5.41) is 45.6. The fourth-order valence-corrected chi connectivity index (χ4v) is 3.34. The molecule has 8 N–H and O–H groups in total. The van der Waals surface area contributed by atoms with Crippen molar-refractivity contribution in [2.75, 3.05) is 62.4 Å². The second kappa shape index (κ2) is 13.3. The molecule has 10 heteroatoms. The van der Waals surface area contributed by atoms with Crippen LogP contribution in [0, 0.1) is 0 Å². The molecule has 0 unspecified atom stereocenters. The topological polar surface area (TPSA) is 164 Å². The summed E-state index contributed by atoms with van der Waals surface area (Å²) in [5.41, 5.74) is 15.0. The van der Waals surface area contributed by atoms with Crippen molar-refractivity contribution in [3.8, 4) is 0 Å². The van der Waals surface area contributed by atoms with Crippen molar-refractivity contribution in [3.63, 3.8) is 0 Å². The summed E-state index contributed by atoms with van der Waals surface area (Å²) in [6, 6.07) is 14.5. The first-order chi connectivity index (χ1) is 15.6. The Hall–Kier alpha value is -3.18. The average molecular weight is 445 g/mol. The molecule has 0 aliphatic heterocycles. The molecule has 2 aromatic rings. The number of aliphatic hydroxyl groups excluding tert-OH is 4. The summed E-state index contributed by atoms with van der Waals surface area (Å²) in [4.78, 5) is 3.61. The van der Waals surface area contributed by atoms with Crippen LogP contribution in [0.4, 0.5) is 11.4 Å². The molecule has 0 spiro atoms. The van der Waals surface area contributed by atoms with E-state index in [-0.39, 0.29) is 38.1 Å². The first-order valence-corrected chi connectivity index (χ1v) is 10.4. The van der Waals surface area contributed by atoms with E-state index >= 15 is 0 Å². The molecule has 0 aliphatic rings. The number of hydrogen-bond donors (Lipinski definition) is 6. The molecule has 0 atom stereocenters. The van der Waals surface area contributed by atoms with Crippen LogP contribution in [0.3, 0.4) is 0 Å². The molecule has 0 aromatic heterocycles. The van der Waals surface area contributed by atoms with Gasteiger partial charge in [-0.1, -0.05) is 24.3 Å². The highest BCUT2D eigenvalue weighted by atomic mass is 16.3. The predicted octanol–water partition coefficient (Wildman–Crippen LogP) is -0.706. The van der Waals surface area contributed by atoms with E-state index in [1.807, 2.05) is 34.1 Å². The molecule has 2 aromatic carbocycles. The molecule has 32 heavy (non-hydrogen) atoms. The zero-order chi connectivity index (χ0) is 23.3. The first kappa shape index (κ1) is 25.1. The lowest BCUT2D eigenvalue weighted by Gasteiger charge is -2.25. The van der Waals surface area contributed by atoms with Gasteiger partial charge in [0.25, 0.3) is 0 Å². The highest BCUT2D eigenvalue weighted by molar-refractivity contribution is 6.05. The van der Waals surface area contributed by atoms with Crippen LogP contribution in [0.1, 0.15) is 11.1 Å². The second-order valence-electron chi connectivity index (χ2n) is 6.87. The molecule has 0 saturated carbocycles. The van der Waals surface area contributed by atoms with Gasteiger partial charge in [0.2, 0.25) is 0 Å². The van der Waals surface area contributed by atoms with Crippen LogP contribution in [0.5, 0.6) is 0 Å². The van der Waals surface area contributed by atoms with Crippen LogP contribution in [-0.4, -0.2) is 84.7 Å². The highest BCUT2D eigenvalue weighted by Gasteiger charge is 2.15. The second-order valence-corrected chi connectivity index (χ2v) is 6.87. The Kier molecular flexibility index (Phi) is 10.4. The third kappa shape index (κ3) is 6.66. The third-order valence-electron chi connectivity index (χ3n) is 4.79. The summed E-state index contributed by atoms with van der Waals surface area (Å²) >= 11 is 0. The van der Waals surface area contributed by atoms with Crippen molar-refractivity contribution >= 4 is 23.0 Å². The van der Waals surface area contributed by atoms with Crippen molar-refractivity contribution in [2.45, 2.75) is 0 Å². The maximum atomic E-state index is 9.35. The maximum absolute atomic E-state index is 9.35. The summed E-state index contributed by atoms with van der Waals surface area (Å²) in [6.07, 6.45) is 0. The molecule has 174 valence electrons. The minimum Gasteiger partial charge on any atom is -0.395 e. The smallest absolute Gasteiger partial charge is 0.155 e. The molecule has 0 aliphatic carbocycles. The Morgan fingerprint density at radius 1 is 0.594 bits per heavy atom. The SMILES string of the molecule is N/C(=N\N=C(/N)c1ccccc1N(CCO)CCO)c1ccccc1N(CCO)CCO. The van der Waals surface area contributed by atoms with Crippen molar-refractivity contribution in [1.82, 2.24) is 0 Å². The van der Waals surface area contributed by atoms with Gasteiger partial charge in [0.15, 0.2) is 11.7 Å². The van der Waals surface area contributed by atoms with Crippen molar-refractivity contribution in [2.24, 2.45) is 21.7 Å². The fraction of sp³-hybridized carbons (Fsp3) is 0.364. The van der Waals surface area contributed by atoms with Crippen LogP contribution in [-0.2, 0) is 0 Å². The number of para-hydroxylation sites is 2. The minimum atomic E-state index is -0.0779. The standard InChI is InChI=1S/C22H32N6O4/c23-21(17-5-1-3-7-19(17)27(9-13-29)10-14-30)25-26-22(24)18-6-2-4-8-20(18)28(11-15-31)12-16-32/h1-8,29-32H,9-16H2,(H2,23,25)(H2,24,26). The number of amidine groups is 2. The van der Waals surface area contributed by atoms with Crippen molar-refractivity contribution < 1.29 is 20.4 Å². The molecular weight excluding hydrogens is 412 g/mol. The summed E-state index contributed by atoms with van der Waals surface area (Å²) < 4.78 is 0. The zero-order valence-electron chi connectivity index (χ0n) is 18.0. The molecule has 0 heterocycles. The van der Waals surface area contributed by atoms with E-state index in [0.717, 1.165) is 0 Å². The first-order valence-electron chi connectivity index (χ1n) is 10.4. The quantitative estimate of drug-likeness (QED) is 0.134. The van der Waals surface area contributed by atoms with E-state index in [1.54, 1.807) is 24.3 Å². The lowest BCUT2D eigenvalue weighted by atomic mass is 10.1. The minimum absolute atomic E-state index is 0.0779. The van der Waals surface area contributed by atoms with Gasteiger partial charge in [-0.2, -0.15) is 0 Å². The van der Waals surface area contributed by atoms with Crippen LogP contribution in [0.15, 0.2) is 58.7 Å². The third-order valence-corrected chi connectivity index (χ3v) is 4.79. The highest BCUT2D eigenvalue weighted by Crippen LogP contribution is 2.21. The van der Waals surface area contributed by atoms with Gasteiger partial charge in [-0.15, -0.1) is 10.2 Å². The molecule has 0 fully saturated rings. The fourth-order valence-electron chi connectivity index (χ4n) is 3.34. The Labute approximate surface area is 187 Å². The molecule has 0 radical (unpaired) electrons. The summed E-state index contributed by atoms with van der Waals surface area (Å²) in [6.45, 7) is 1.00. The summed E-state index contributed by atoms with van der Waals surface area (Å²) in [7, 11) is 0. The van der Waals surface area contributed by atoms with Crippen LogP contribution < -0.4 is 21.3 Å². The van der Waals surface area contributed by atoms with Gasteiger partial charge >= 0.3 is 0 Å². The Bertz CT molecular complexity index is 820. The molecule has 0 bridgehead atoms. The molecule has 0 amide bonds. The van der Waals surface area contributed by atoms with Crippen molar-refractivity contribution in [1.29, 1.82) is 0 Å². The van der Waals surface area contributed by atoms with Crippen LogP contribution >= 0.6 is 0 Å². The molecule has 10 nitrogen and oxygen atoms in total. The van der Waals surface area contributed by atoms with Gasteiger partial charge in [-0.25, -0.2) is 0 Å². The molecule has 2 rings (SSSR count). The van der Waals surface area contributed by atoms with Gasteiger partial charge < -0.3 is 41.7 Å². The zero-order valence-corrected chi connectivity index (χ0v) is 18.0. The normalized spacial score (nSPS) is 12.1. The van der Waals surface area contributed by atoms with E-state index in [4.69, 9.17) is 11.5 Å². The number of aliphatic hydroxyl groups is 4. The number of nitrogens with two attached hydrogens (primary N) is 2. The average Bonchev–Trinajstić information content (AvgIpc) is 2.82. The van der Waals surface area contributed by atoms with E-state index < -0.39 is 0 Å². The Morgan fingerprint density at radius 2 is 0.906 bits per heavy atom. The molecular formula is C22H32N6O4. The Balaban J connectivity index is 2.39. The lowest BCUT2D eigenvalue weighted by molar-refractivity contribution is 0.280. The molecule has 0 saturated heterocycles. The van der Waals surface area contributed by atoms with Gasteiger partial charge in [-0.05, 0) is 24.3 Å². The monoisotopic (exact) mass is 444 g/mol. The lowest BCUT2D eigenvalue weighted by Crippen LogP contribution is -2.32. The van der Waals surface area contributed by atoms with Gasteiger partial charge in [0.1, 0.15) is 0 Å². The number of hydrogen-bond acceptors (Lipinski definition) is 8. The van der Waals surface area contributed by atoms with Gasteiger partial charge in [-0.3, -0.25) is 0 Å². The number of nitrogens with zero attached hydrogens (tertiary/aromatic N) is 4. The van der Waals surface area contributed by atoms with Gasteiger partial charge in [0, 0.05) is 48.7 Å². The van der Waals surface area contributed by atoms with E-state index in [2.05, 4.69) is 10.2 Å². The number of rotatable bonds is 13. The number of anilines is 2. The van der Waals surface area contributed by atoms with Crippen LogP contribution in [0.2, 0.25) is 0 Å². The van der Waals surface area contributed by atoms with E-state index in [0.29, 0.717) is 48.7 Å². The summed E-state index contributed by atoms with van der Waals surface area (Å²) in [5.74, 6) is 0.258. The maximum Gasteiger partial charge on any atom is 0.155 e. The Morgan fingerprint density at radius 3 is 1.22 bits per heavy atom. The predicted molar refractivity (Wildman–Crippen MR) is 127 cm³/mol. The number of benzene rings is 2. The van der Waals surface area contributed by atoms with Gasteiger partial charge in [0.05, 0.1) is 26.4 Å².